The van der Waals surface area contributed by atoms with E-state index >= 15 is 0 Å². The fourth-order valence-corrected chi connectivity index (χ4v) is 1.89. The van der Waals surface area contributed by atoms with E-state index in [-0.39, 0.29) is 5.56 Å². The lowest BCUT2D eigenvalue weighted by Crippen LogP contribution is -2.01. The van der Waals surface area contributed by atoms with Crippen LogP contribution in [0.4, 0.5) is 5.69 Å². The van der Waals surface area contributed by atoms with Gasteiger partial charge in [0.05, 0.1) is 5.56 Å². The molecule has 0 aliphatic heterocycles. The van der Waals surface area contributed by atoms with E-state index in [1.807, 2.05) is 6.07 Å². The van der Waals surface area contributed by atoms with Crippen LogP contribution >= 0.6 is 11.6 Å². The molecule has 0 aromatic heterocycles. The minimum Gasteiger partial charge on any atom is -0.478 e. The Balaban J connectivity index is 2.68. The third-order valence-electron chi connectivity index (χ3n) is 2.44. The number of anilines is 1. The van der Waals surface area contributed by atoms with E-state index < -0.39 is 5.97 Å². The summed E-state index contributed by atoms with van der Waals surface area (Å²) in [5, 5.41) is 9.66. The average Bonchev–Trinajstić information content (AvgIpc) is 2.30. The second-order valence-corrected chi connectivity index (χ2v) is 4.00. The Labute approximate surface area is 103 Å². The minimum absolute atomic E-state index is 0.151. The molecule has 0 amide bonds. The fourth-order valence-electron chi connectivity index (χ4n) is 1.65. The highest BCUT2D eigenvalue weighted by atomic mass is 35.5. The Morgan fingerprint density at radius 3 is 2.47 bits per heavy atom. The molecule has 0 atom stereocenters. The Hall–Kier alpha value is -2.00. The summed E-state index contributed by atoms with van der Waals surface area (Å²) in [6.07, 6.45) is 0. The molecule has 0 unspecified atom stereocenters. The molecule has 0 aliphatic carbocycles. The van der Waals surface area contributed by atoms with E-state index in [0.29, 0.717) is 21.8 Å². The molecule has 0 spiro atoms. The summed E-state index contributed by atoms with van der Waals surface area (Å²) in [7, 11) is 0. The lowest BCUT2D eigenvalue weighted by Gasteiger charge is -2.08. The van der Waals surface area contributed by atoms with Gasteiger partial charge in [0, 0.05) is 16.3 Å². The predicted molar refractivity (Wildman–Crippen MR) is 68.3 cm³/mol. The Morgan fingerprint density at radius 2 is 1.82 bits per heavy atom. The number of aromatic carboxylic acids is 1. The molecule has 3 N–H and O–H groups in total. The summed E-state index contributed by atoms with van der Waals surface area (Å²) in [5.74, 6) is -1.02. The largest absolute Gasteiger partial charge is 0.478 e. The first-order valence-electron chi connectivity index (χ1n) is 4.97. The van der Waals surface area contributed by atoms with E-state index in [2.05, 4.69) is 0 Å². The maximum absolute atomic E-state index is 11.2. The first kappa shape index (κ1) is 11.5. The van der Waals surface area contributed by atoms with Gasteiger partial charge in [0.15, 0.2) is 0 Å². The molecule has 4 heteroatoms. The molecule has 0 saturated carbocycles. The molecule has 2 aromatic carbocycles. The molecule has 0 bridgehead atoms. The van der Waals surface area contributed by atoms with Gasteiger partial charge in [-0.3, -0.25) is 0 Å². The normalized spacial score (nSPS) is 10.2. The zero-order chi connectivity index (χ0) is 12.4. The lowest BCUT2D eigenvalue weighted by atomic mass is 9.99. The van der Waals surface area contributed by atoms with Crippen LogP contribution in [0.15, 0.2) is 42.5 Å². The van der Waals surface area contributed by atoms with Gasteiger partial charge >= 0.3 is 5.97 Å². The smallest absolute Gasteiger partial charge is 0.336 e. The van der Waals surface area contributed by atoms with Crippen LogP contribution < -0.4 is 5.73 Å². The molecule has 0 heterocycles. The maximum Gasteiger partial charge on any atom is 0.336 e. The van der Waals surface area contributed by atoms with Gasteiger partial charge in [0.2, 0.25) is 0 Å². The topological polar surface area (TPSA) is 63.3 Å². The molecule has 86 valence electrons. The fraction of sp³-hybridized carbons (Fsp3) is 0. The van der Waals surface area contributed by atoms with Crippen molar-refractivity contribution in [2.24, 2.45) is 0 Å². The first-order valence-corrected chi connectivity index (χ1v) is 5.35. The monoisotopic (exact) mass is 247 g/mol. The molecule has 2 aromatic rings. The third kappa shape index (κ3) is 2.24. The summed E-state index contributed by atoms with van der Waals surface area (Å²) >= 11 is 6.05. The highest BCUT2D eigenvalue weighted by molar-refractivity contribution is 6.33. The van der Waals surface area contributed by atoms with Crippen LogP contribution in [-0.2, 0) is 0 Å². The van der Waals surface area contributed by atoms with E-state index in [1.54, 1.807) is 30.3 Å². The van der Waals surface area contributed by atoms with E-state index in [0.717, 1.165) is 0 Å². The zero-order valence-corrected chi connectivity index (χ0v) is 9.61. The summed E-state index contributed by atoms with van der Waals surface area (Å²) < 4.78 is 0. The van der Waals surface area contributed by atoms with Crippen molar-refractivity contribution in [1.82, 2.24) is 0 Å². The third-order valence-corrected chi connectivity index (χ3v) is 2.77. The summed E-state index contributed by atoms with van der Waals surface area (Å²) in [6, 6.07) is 11.9. The van der Waals surface area contributed by atoms with Gasteiger partial charge in [-0.15, -0.1) is 0 Å². The van der Waals surface area contributed by atoms with E-state index in [4.69, 9.17) is 22.4 Å². The average molecular weight is 248 g/mol. The zero-order valence-electron chi connectivity index (χ0n) is 8.85. The van der Waals surface area contributed by atoms with Crippen molar-refractivity contribution in [1.29, 1.82) is 0 Å². The standard InChI is InChI=1S/C13H10ClNO2/c14-12-4-2-1-3-10(12)9-6-5-8(15)7-11(9)13(16)17/h1-7H,15H2,(H,16,17). The number of carboxylic acid groups (broad SMARTS) is 1. The number of carboxylic acids is 1. The summed E-state index contributed by atoms with van der Waals surface area (Å²) in [5.41, 5.74) is 7.40. The van der Waals surface area contributed by atoms with Crippen molar-refractivity contribution >= 4 is 23.3 Å². The lowest BCUT2D eigenvalue weighted by molar-refractivity contribution is 0.0698. The number of halogens is 1. The molecule has 0 radical (unpaired) electrons. The van der Waals surface area contributed by atoms with Gasteiger partial charge in [-0.2, -0.15) is 0 Å². The predicted octanol–water partition coefficient (Wildman–Crippen LogP) is 3.29. The maximum atomic E-state index is 11.2. The molecular formula is C13H10ClNO2. The van der Waals surface area contributed by atoms with Gasteiger partial charge in [-0.05, 0) is 23.8 Å². The highest BCUT2D eigenvalue weighted by Gasteiger charge is 2.13. The summed E-state index contributed by atoms with van der Waals surface area (Å²) in [6.45, 7) is 0. The number of hydrogen-bond donors (Lipinski definition) is 2. The van der Waals surface area contributed by atoms with Gasteiger partial charge in [0.1, 0.15) is 0 Å². The van der Waals surface area contributed by atoms with Gasteiger partial charge in [-0.25, -0.2) is 4.79 Å². The van der Waals surface area contributed by atoms with Crippen LogP contribution in [0.25, 0.3) is 11.1 Å². The van der Waals surface area contributed by atoms with Crippen molar-refractivity contribution in [3.8, 4) is 11.1 Å². The molecule has 0 fully saturated rings. The van der Waals surface area contributed by atoms with Crippen LogP contribution in [0.3, 0.4) is 0 Å². The van der Waals surface area contributed by atoms with Crippen molar-refractivity contribution in [3.05, 3.63) is 53.1 Å². The minimum atomic E-state index is -1.02. The van der Waals surface area contributed by atoms with Gasteiger partial charge in [-0.1, -0.05) is 35.9 Å². The number of nitrogens with two attached hydrogens (primary N) is 1. The molecule has 2 rings (SSSR count). The molecule has 0 aliphatic rings. The van der Waals surface area contributed by atoms with Crippen LogP contribution in [-0.4, -0.2) is 11.1 Å². The Morgan fingerprint density at radius 1 is 1.12 bits per heavy atom. The Bertz CT molecular complexity index is 581. The van der Waals surface area contributed by atoms with Crippen molar-refractivity contribution in [2.45, 2.75) is 0 Å². The number of hydrogen-bond acceptors (Lipinski definition) is 2. The van der Waals surface area contributed by atoms with Crippen LogP contribution in [0, 0.1) is 0 Å². The first-order chi connectivity index (χ1) is 8.09. The molecule has 0 saturated heterocycles. The molecular weight excluding hydrogens is 238 g/mol. The van der Waals surface area contributed by atoms with Crippen molar-refractivity contribution < 1.29 is 9.90 Å². The van der Waals surface area contributed by atoms with Gasteiger partial charge in [0.25, 0.3) is 0 Å². The number of benzene rings is 2. The van der Waals surface area contributed by atoms with Crippen molar-refractivity contribution in [3.63, 3.8) is 0 Å². The molecule has 3 nitrogen and oxygen atoms in total. The highest BCUT2D eigenvalue weighted by Crippen LogP contribution is 2.31. The van der Waals surface area contributed by atoms with Crippen molar-refractivity contribution in [2.75, 3.05) is 5.73 Å². The van der Waals surface area contributed by atoms with Crippen LogP contribution in [0.5, 0.6) is 0 Å². The van der Waals surface area contributed by atoms with Crippen LogP contribution in [0.2, 0.25) is 5.02 Å². The van der Waals surface area contributed by atoms with Gasteiger partial charge < -0.3 is 10.8 Å². The number of rotatable bonds is 2. The van der Waals surface area contributed by atoms with E-state index in [1.165, 1.54) is 6.07 Å². The summed E-state index contributed by atoms with van der Waals surface area (Å²) in [4.78, 5) is 11.2. The SMILES string of the molecule is Nc1ccc(-c2ccccc2Cl)c(C(=O)O)c1. The second-order valence-electron chi connectivity index (χ2n) is 3.59. The van der Waals surface area contributed by atoms with Crippen LogP contribution in [0.1, 0.15) is 10.4 Å². The van der Waals surface area contributed by atoms with E-state index in [9.17, 15) is 4.79 Å². The Kier molecular flexibility index (Phi) is 3.02. The second kappa shape index (κ2) is 4.47. The quantitative estimate of drug-likeness (QED) is 0.801. The number of carbonyl (C=O) groups is 1. The molecule has 17 heavy (non-hydrogen) atoms. The number of nitrogen functional groups attached to an aromatic ring is 1.